The molecule has 0 saturated heterocycles. The van der Waals surface area contributed by atoms with Gasteiger partial charge in [0.1, 0.15) is 5.69 Å². The summed E-state index contributed by atoms with van der Waals surface area (Å²) >= 11 is 0. The molecule has 144 valence electrons. The molecule has 0 fully saturated rings. The smallest absolute Gasteiger partial charge is 0.311 e. The number of nitro benzene ring substituents is 1. The lowest BCUT2D eigenvalue weighted by molar-refractivity contribution is -0.384. The van der Waals surface area contributed by atoms with Crippen molar-refractivity contribution in [1.82, 2.24) is 15.1 Å². The number of nitrogens with one attached hydrogen (secondary N) is 1. The Morgan fingerprint density at radius 3 is 2.33 bits per heavy atom. The van der Waals surface area contributed by atoms with Crippen molar-refractivity contribution in [2.75, 3.05) is 6.54 Å². The average Bonchev–Trinajstić information content (AvgIpc) is 3.04. The molecular weight excluding hydrogens is 352 g/mol. The molecule has 0 spiro atoms. The maximum absolute atomic E-state index is 12.7. The van der Waals surface area contributed by atoms with E-state index in [1.807, 2.05) is 0 Å². The third kappa shape index (κ3) is 4.13. The van der Waals surface area contributed by atoms with Crippen LogP contribution >= 0.6 is 0 Å². The molecule has 2 aromatic rings. The Hall–Kier alpha value is -3.23. The number of non-ortho nitro benzene ring substituents is 1. The lowest BCUT2D eigenvalue weighted by Crippen LogP contribution is -2.42. The molecule has 2 N–H and O–H groups in total. The van der Waals surface area contributed by atoms with E-state index in [-0.39, 0.29) is 17.8 Å². The minimum absolute atomic E-state index is 0.00274. The van der Waals surface area contributed by atoms with Gasteiger partial charge in [0.25, 0.3) is 11.6 Å². The third-order valence-corrected chi connectivity index (χ3v) is 4.82. The van der Waals surface area contributed by atoms with E-state index in [4.69, 9.17) is 0 Å². The number of nitro groups is 1. The molecule has 0 aliphatic carbocycles. The molecule has 1 amide bonds. The highest BCUT2D eigenvalue weighted by molar-refractivity contribution is 6.00. The first-order valence-electron chi connectivity index (χ1n) is 8.54. The fourth-order valence-electron chi connectivity index (χ4n) is 2.83. The molecule has 1 aromatic heterocycles. The molecule has 0 aliphatic heterocycles. The second-order valence-electron chi connectivity index (χ2n) is 6.34. The zero-order valence-corrected chi connectivity index (χ0v) is 15.4. The van der Waals surface area contributed by atoms with E-state index in [0.29, 0.717) is 24.1 Å². The zero-order valence-electron chi connectivity index (χ0n) is 15.4. The Kier molecular flexibility index (Phi) is 5.94. The molecule has 0 aliphatic rings. The Morgan fingerprint density at radius 2 is 1.85 bits per heavy atom. The van der Waals surface area contributed by atoms with Crippen molar-refractivity contribution in [3.8, 4) is 11.3 Å². The Morgan fingerprint density at radius 1 is 1.26 bits per heavy atom. The van der Waals surface area contributed by atoms with Gasteiger partial charge in [-0.3, -0.25) is 24.4 Å². The number of aromatic nitrogens is 2. The van der Waals surface area contributed by atoms with Crippen LogP contribution in [0.25, 0.3) is 11.3 Å². The lowest BCUT2D eigenvalue weighted by Gasteiger charge is -2.26. The monoisotopic (exact) mass is 374 g/mol. The van der Waals surface area contributed by atoms with Crippen molar-refractivity contribution in [3.05, 3.63) is 46.1 Å². The zero-order chi connectivity index (χ0) is 20.2. The summed E-state index contributed by atoms with van der Waals surface area (Å²) < 4.78 is 1.47. The normalized spacial score (nSPS) is 11.2. The second-order valence-corrected chi connectivity index (χ2v) is 6.34. The molecule has 0 radical (unpaired) electrons. The Labute approximate surface area is 156 Å². The van der Waals surface area contributed by atoms with Crippen LogP contribution in [0, 0.1) is 15.5 Å². The summed E-state index contributed by atoms with van der Waals surface area (Å²) in [4.78, 5) is 34.5. The molecule has 0 atom stereocenters. The number of benzene rings is 1. The predicted molar refractivity (Wildman–Crippen MR) is 98.3 cm³/mol. The summed E-state index contributed by atoms with van der Waals surface area (Å²) in [5.74, 6) is -1.39. The van der Waals surface area contributed by atoms with E-state index in [1.165, 1.54) is 35.1 Å². The maximum Gasteiger partial charge on any atom is 0.311 e. The van der Waals surface area contributed by atoms with Crippen LogP contribution < -0.4 is 5.32 Å². The van der Waals surface area contributed by atoms with Gasteiger partial charge in [0, 0.05) is 37.5 Å². The minimum atomic E-state index is -1.02. The van der Waals surface area contributed by atoms with E-state index in [2.05, 4.69) is 10.4 Å². The Balaban J connectivity index is 2.28. The fraction of sp³-hybridized carbons (Fsp3) is 0.389. The van der Waals surface area contributed by atoms with E-state index in [0.717, 1.165) is 0 Å². The van der Waals surface area contributed by atoms with Gasteiger partial charge in [0.15, 0.2) is 0 Å². The molecule has 1 aromatic carbocycles. The van der Waals surface area contributed by atoms with Crippen LogP contribution in [-0.2, 0) is 11.8 Å². The van der Waals surface area contributed by atoms with Crippen LogP contribution in [0.4, 0.5) is 5.69 Å². The van der Waals surface area contributed by atoms with Gasteiger partial charge < -0.3 is 10.4 Å². The van der Waals surface area contributed by atoms with E-state index in [1.54, 1.807) is 20.9 Å². The SMILES string of the molecule is CCC(CC)(CNC(=O)c1cn(C)nc1-c1ccc([N+](=O)[O-])cc1)C(=O)O. The van der Waals surface area contributed by atoms with Crippen molar-refractivity contribution in [1.29, 1.82) is 0 Å². The second kappa shape index (κ2) is 7.98. The highest BCUT2D eigenvalue weighted by atomic mass is 16.6. The first-order chi connectivity index (χ1) is 12.7. The number of carboxylic acid groups (broad SMARTS) is 1. The van der Waals surface area contributed by atoms with Crippen LogP contribution in [0.15, 0.2) is 30.5 Å². The van der Waals surface area contributed by atoms with E-state index >= 15 is 0 Å². The Bertz CT molecular complexity index is 853. The van der Waals surface area contributed by atoms with Gasteiger partial charge in [-0.25, -0.2) is 0 Å². The first-order valence-corrected chi connectivity index (χ1v) is 8.54. The highest BCUT2D eigenvalue weighted by Crippen LogP contribution is 2.27. The summed E-state index contributed by atoms with van der Waals surface area (Å²) in [5.41, 5.74) is 0.127. The van der Waals surface area contributed by atoms with Gasteiger partial charge in [-0.2, -0.15) is 5.10 Å². The number of hydrogen-bond acceptors (Lipinski definition) is 5. The number of aryl methyl sites for hydroxylation is 1. The summed E-state index contributed by atoms with van der Waals surface area (Å²) in [6, 6.07) is 5.73. The number of nitrogens with zero attached hydrogens (tertiary/aromatic N) is 3. The van der Waals surface area contributed by atoms with Crippen molar-refractivity contribution < 1.29 is 19.6 Å². The van der Waals surface area contributed by atoms with Crippen LogP contribution in [0.3, 0.4) is 0 Å². The molecule has 0 saturated carbocycles. The predicted octanol–water partition coefficient (Wildman–Crippen LogP) is 2.62. The first kappa shape index (κ1) is 20.1. The van der Waals surface area contributed by atoms with Crippen molar-refractivity contribution in [2.24, 2.45) is 12.5 Å². The largest absolute Gasteiger partial charge is 0.481 e. The van der Waals surface area contributed by atoms with Gasteiger partial charge >= 0.3 is 5.97 Å². The highest BCUT2D eigenvalue weighted by Gasteiger charge is 2.35. The number of amides is 1. The van der Waals surface area contributed by atoms with E-state index in [9.17, 15) is 24.8 Å². The maximum atomic E-state index is 12.7. The molecular formula is C18H22N4O5. The number of hydrogen-bond donors (Lipinski definition) is 2. The number of carbonyl (C=O) groups excluding carboxylic acids is 1. The third-order valence-electron chi connectivity index (χ3n) is 4.82. The van der Waals surface area contributed by atoms with Crippen LogP contribution in [0.5, 0.6) is 0 Å². The summed E-state index contributed by atoms with van der Waals surface area (Å²) in [6.07, 6.45) is 2.31. The van der Waals surface area contributed by atoms with Gasteiger partial charge in [0.05, 0.1) is 15.9 Å². The van der Waals surface area contributed by atoms with Crippen LogP contribution in [0.1, 0.15) is 37.0 Å². The number of carbonyl (C=O) groups is 2. The fourth-order valence-corrected chi connectivity index (χ4v) is 2.83. The molecule has 27 heavy (non-hydrogen) atoms. The summed E-state index contributed by atoms with van der Waals surface area (Å²) in [5, 5.41) is 27.2. The summed E-state index contributed by atoms with van der Waals surface area (Å²) in [6.45, 7) is 3.55. The molecule has 9 nitrogen and oxygen atoms in total. The quantitative estimate of drug-likeness (QED) is 0.540. The average molecular weight is 374 g/mol. The molecule has 0 bridgehead atoms. The van der Waals surface area contributed by atoms with Crippen molar-refractivity contribution in [3.63, 3.8) is 0 Å². The number of carboxylic acids is 1. The van der Waals surface area contributed by atoms with E-state index < -0.39 is 22.2 Å². The molecule has 1 heterocycles. The van der Waals surface area contributed by atoms with Gasteiger partial charge in [-0.05, 0) is 25.0 Å². The molecule has 9 heteroatoms. The lowest BCUT2D eigenvalue weighted by atomic mass is 9.82. The van der Waals surface area contributed by atoms with Gasteiger partial charge in [-0.15, -0.1) is 0 Å². The van der Waals surface area contributed by atoms with Crippen LogP contribution in [0.2, 0.25) is 0 Å². The minimum Gasteiger partial charge on any atom is -0.481 e. The van der Waals surface area contributed by atoms with Crippen molar-refractivity contribution in [2.45, 2.75) is 26.7 Å². The number of rotatable bonds is 8. The standard InChI is InChI=1S/C18H22N4O5/c1-4-18(5-2,17(24)25)11-19-16(23)14-10-21(3)20-15(14)12-6-8-13(9-7-12)22(26)27/h6-10H,4-5,11H2,1-3H3,(H,19,23)(H,24,25). The van der Waals surface area contributed by atoms with Crippen LogP contribution in [-0.4, -0.2) is 38.2 Å². The summed E-state index contributed by atoms with van der Waals surface area (Å²) in [7, 11) is 1.66. The number of aliphatic carboxylic acids is 1. The molecule has 0 unspecified atom stereocenters. The van der Waals surface area contributed by atoms with Gasteiger partial charge in [-0.1, -0.05) is 13.8 Å². The molecule has 2 rings (SSSR count). The van der Waals surface area contributed by atoms with Crippen molar-refractivity contribution >= 4 is 17.6 Å². The topological polar surface area (TPSA) is 127 Å². The van der Waals surface area contributed by atoms with Gasteiger partial charge in [0.2, 0.25) is 0 Å².